The van der Waals surface area contributed by atoms with Crippen LogP contribution in [-0.4, -0.2) is 22.9 Å². The second kappa shape index (κ2) is 9.79. The Bertz CT molecular complexity index is 1450. The number of benzene rings is 3. The summed E-state index contributed by atoms with van der Waals surface area (Å²) >= 11 is 0. The van der Waals surface area contributed by atoms with Crippen LogP contribution in [0.25, 0.3) is 0 Å². The third-order valence-corrected chi connectivity index (χ3v) is 10.5. The zero-order valence-corrected chi connectivity index (χ0v) is 23.4. The number of aromatic hydroxyl groups is 1. The average Bonchev–Trinajstić information content (AvgIpc) is 3.55. The number of rotatable bonds is 4. The molecule has 7 rings (SSSR count). The summed E-state index contributed by atoms with van der Waals surface area (Å²) < 4.78 is 5.85. The Hall–Kier alpha value is -3.60. The zero-order valence-electron chi connectivity index (χ0n) is 23.4. The van der Waals surface area contributed by atoms with Gasteiger partial charge in [0.2, 0.25) is 0 Å². The lowest BCUT2D eigenvalue weighted by atomic mass is 9.55. The van der Waals surface area contributed by atoms with Crippen LogP contribution < -0.4 is 5.01 Å². The van der Waals surface area contributed by atoms with Crippen molar-refractivity contribution in [3.05, 3.63) is 95.1 Å². The van der Waals surface area contributed by atoms with E-state index in [-0.39, 0.29) is 23.5 Å². The summed E-state index contributed by atoms with van der Waals surface area (Å²) in [6.07, 6.45) is 7.21. The fourth-order valence-electron chi connectivity index (χ4n) is 8.62. The highest BCUT2D eigenvalue weighted by Gasteiger charge is 2.56. The molecule has 4 aliphatic rings. The van der Waals surface area contributed by atoms with Crippen LogP contribution in [0.2, 0.25) is 0 Å². The van der Waals surface area contributed by atoms with Crippen molar-refractivity contribution < 1.29 is 14.6 Å². The highest BCUT2D eigenvalue weighted by molar-refractivity contribution is 6.03. The van der Waals surface area contributed by atoms with Gasteiger partial charge < -0.3 is 9.84 Å². The quantitative estimate of drug-likeness (QED) is 0.351. The molecule has 1 unspecified atom stereocenters. The summed E-state index contributed by atoms with van der Waals surface area (Å²) in [5, 5.41) is 18.6. The molecule has 0 aromatic heterocycles. The molecule has 3 aromatic rings. The van der Waals surface area contributed by atoms with Crippen LogP contribution in [0, 0.1) is 17.3 Å². The topological polar surface area (TPSA) is 62.1 Å². The molecule has 0 spiro atoms. The first-order chi connectivity index (χ1) is 19.4. The van der Waals surface area contributed by atoms with E-state index in [1.54, 1.807) is 6.92 Å². The Labute approximate surface area is 236 Å². The molecule has 3 aliphatic carbocycles. The normalized spacial score (nSPS) is 30.7. The number of anilines is 1. The molecular formula is C35H38N2O3. The molecule has 206 valence electrons. The Kier molecular flexibility index (Phi) is 6.21. The fourth-order valence-corrected chi connectivity index (χ4v) is 8.62. The minimum absolute atomic E-state index is 0.0409. The maximum Gasteiger partial charge on any atom is 0.302 e. The van der Waals surface area contributed by atoms with E-state index in [4.69, 9.17) is 9.84 Å². The second-order valence-corrected chi connectivity index (χ2v) is 12.6. The number of para-hydroxylation sites is 1. The molecule has 0 bridgehead atoms. The number of carbonyl (C=O) groups is 1. The molecular weight excluding hydrogens is 496 g/mol. The molecule has 40 heavy (non-hydrogen) atoms. The van der Waals surface area contributed by atoms with Gasteiger partial charge in [-0.2, -0.15) is 5.10 Å². The van der Waals surface area contributed by atoms with Crippen molar-refractivity contribution >= 4 is 17.4 Å². The van der Waals surface area contributed by atoms with E-state index in [0.717, 1.165) is 67.5 Å². The van der Waals surface area contributed by atoms with Gasteiger partial charge in [-0.25, -0.2) is 0 Å². The van der Waals surface area contributed by atoms with Crippen LogP contribution >= 0.6 is 0 Å². The summed E-state index contributed by atoms with van der Waals surface area (Å²) in [6, 6.07) is 25.0. The summed E-state index contributed by atoms with van der Waals surface area (Å²) in [5.41, 5.74) is 6.95. The van der Waals surface area contributed by atoms with Crippen molar-refractivity contribution in [3.8, 4) is 5.75 Å². The minimum atomic E-state index is -0.153. The number of esters is 1. The summed E-state index contributed by atoms with van der Waals surface area (Å²) in [4.78, 5) is 11.8. The van der Waals surface area contributed by atoms with Crippen LogP contribution in [0.15, 0.2) is 77.9 Å². The second-order valence-electron chi connectivity index (χ2n) is 12.6. The fraction of sp³-hybridized carbons (Fsp3) is 0.429. The monoisotopic (exact) mass is 534 g/mol. The molecule has 3 aromatic carbocycles. The molecule has 0 radical (unpaired) electrons. The Morgan fingerprint density at radius 2 is 1.73 bits per heavy atom. The van der Waals surface area contributed by atoms with Crippen LogP contribution in [0.1, 0.15) is 86.6 Å². The van der Waals surface area contributed by atoms with E-state index in [0.29, 0.717) is 23.5 Å². The van der Waals surface area contributed by atoms with Gasteiger partial charge in [-0.1, -0.05) is 55.5 Å². The van der Waals surface area contributed by atoms with Gasteiger partial charge in [0.15, 0.2) is 0 Å². The number of nitrogens with zero attached hydrogens (tertiary/aromatic N) is 2. The number of hydrogen-bond donors (Lipinski definition) is 1. The molecule has 1 aliphatic heterocycles. The molecule has 1 heterocycles. The summed E-state index contributed by atoms with van der Waals surface area (Å²) in [7, 11) is 0. The Balaban J connectivity index is 1.24. The molecule has 0 amide bonds. The number of aryl methyl sites for hydroxylation is 1. The molecule has 6 atom stereocenters. The van der Waals surface area contributed by atoms with Gasteiger partial charge in [0.25, 0.3) is 0 Å². The molecule has 2 saturated carbocycles. The van der Waals surface area contributed by atoms with E-state index < -0.39 is 0 Å². The van der Waals surface area contributed by atoms with E-state index in [2.05, 4.69) is 60.5 Å². The van der Waals surface area contributed by atoms with Crippen LogP contribution in [-0.2, 0) is 16.0 Å². The van der Waals surface area contributed by atoms with Crippen molar-refractivity contribution in [1.82, 2.24) is 0 Å². The number of fused-ring (bicyclic) bond motifs is 5. The maximum atomic E-state index is 11.8. The highest BCUT2D eigenvalue weighted by Crippen LogP contribution is 2.62. The number of hydrogen-bond acceptors (Lipinski definition) is 5. The van der Waals surface area contributed by atoms with E-state index in [1.165, 1.54) is 11.1 Å². The van der Waals surface area contributed by atoms with Gasteiger partial charge in [-0.15, -0.1) is 0 Å². The van der Waals surface area contributed by atoms with Crippen LogP contribution in [0.5, 0.6) is 5.75 Å². The van der Waals surface area contributed by atoms with Gasteiger partial charge in [-0.05, 0) is 97.2 Å². The number of hydrazone groups is 1. The first-order valence-electron chi connectivity index (χ1n) is 14.9. The lowest BCUT2D eigenvalue weighted by Crippen LogP contribution is -2.45. The predicted octanol–water partition coefficient (Wildman–Crippen LogP) is 7.54. The predicted molar refractivity (Wildman–Crippen MR) is 158 cm³/mol. The zero-order chi connectivity index (χ0) is 27.4. The average molecular weight is 535 g/mol. The minimum Gasteiger partial charge on any atom is -0.508 e. The van der Waals surface area contributed by atoms with Gasteiger partial charge in [0.05, 0.1) is 17.4 Å². The molecule has 5 nitrogen and oxygen atoms in total. The third-order valence-electron chi connectivity index (χ3n) is 10.5. The SMILES string of the molecule is CC(=O)O[C@H]1CC[C@H]2[C@@H]3CCc4cc(O)c(C5CC(c6ccccc6)=NN5c5ccccc5)cc4[C@H]3CC[C@]12C. The van der Waals surface area contributed by atoms with E-state index in [1.807, 2.05) is 24.3 Å². The number of carbonyl (C=O) groups excluding carboxylic acids is 1. The van der Waals surface area contributed by atoms with Gasteiger partial charge in [-0.3, -0.25) is 9.80 Å². The number of phenols is 1. The van der Waals surface area contributed by atoms with Crippen molar-refractivity contribution in [1.29, 1.82) is 0 Å². The van der Waals surface area contributed by atoms with E-state index in [9.17, 15) is 9.90 Å². The Morgan fingerprint density at radius 1 is 0.975 bits per heavy atom. The first kappa shape index (κ1) is 25.4. The van der Waals surface area contributed by atoms with Crippen LogP contribution in [0.4, 0.5) is 5.69 Å². The summed E-state index contributed by atoms with van der Waals surface area (Å²) in [6.45, 7) is 3.91. The van der Waals surface area contributed by atoms with Crippen LogP contribution in [0.3, 0.4) is 0 Å². The van der Waals surface area contributed by atoms with Crippen molar-refractivity contribution in [2.75, 3.05) is 5.01 Å². The third kappa shape index (κ3) is 4.13. The van der Waals surface area contributed by atoms with Gasteiger partial charge >= 0.3 is 5.97 Å². The number of ether oxygens (including phenoxy) is 1. The van der Waals surface area contributed by atoms with Gasteiger partial charge in [0, 0.05) is 24.3 Å². The lowest BCUT2D eigenvalue weighted by molar-refractivity contribution is -0.154. The summed E-state index contributed by atoms with van der Waals surface area (Å²) in [5.74, 6) is 1.87. The van der Waals surface area contributed by atoms with Crippen molar-refractivity contribution in [3.63, 3.8) is 0 Å². The molecule has 1 N–H and O–H groups in total. The first-order valence-corrected chi connectivity index (χ1v) is 14.9. The molecule has 2 fully saturated rings. The standard InChI is InChI=1S/C35H38N2O3/c1-22(38)40-34-16-15-30-27-14-13-24-19-33(39)29(20-28(24)26(27)17-18-35(30,34)2)32-21-31(23-9-5-3-6-10-23)36-37(32)25-11-7-4-8-12-25/h3-12,19-20,26-27,30,32,34,39H,13-18,21H2,1-2H3/t26-,27+,30-,32?,34-,35-/m0/s1. The smallest absolute Gasteiger partial charge is 0.302 e. The lowest BCUT2D eigenvalue weighted by Gasteiger charge is -2.50. The van der Waals surface area contributed by atoms with Gasteiger partial charge in [0.1, 0.15) is 11.9 Å². The highest BCUT2D eigenvalue weighted by atomic mass is 16.5. The number of phenolic OH excluding ortho intramolecular Hbond substituents is 1. The largest absolute Gasteiger partial charge is 0.508 e. The molecule has 0 saturated heterocycles. The van der Waals surface area contributed by atoms with Crippen molar-refractivity contribution in [2.24, 2.45) is 22.4 Å². The maximum absolute atomic E-state index is 11.8. The Morgan fingerprint density at radius 3 is 2.48 bits per heavy atom. The van der Waals surface area contributed by atoms with E-state index >= 15 is 0 Å². The van der Waals surface area contributed by atoms with Crippen molar-refractivity contribution in [2.45, 2.75) is 76.9 Å². The molecule has 5 heteroatoms.